The van der Waals surface area contributed by atoms with Crippen LogP contribution in [-0.4, -0.2) is 28.7 Å². The molecule has 0 bridgehead atoms. The van der Waals surface area contributed by atoms with Gasteiger partial charge in [-0.25, -0.2) is 13.8 Å². The Morgan fingerprint density at radius 1 is 1.08 bits per heavy atom. The Balaban J connectivity index is 1.80. The lowest BCUT2D eigenvalue weighted by Gasteiger charge is -2.11. The molecule has 1 aliphatic carbocycles. The number of aliphatic imine (C=N–C) groups is 1. The summed E-state index contributed by atoms with van der Waals surface area (Å²) in [5.74, 6) is -4.59. The molecule has 190 valence electrons. The Hall–Kier alpha value is -1.87. The van der Waals surface area contributed by atoms with Crippen molar-refractivity contribution in [2.24, 2.45) is 10.9 Å². The Labute approximate surface area is 235 Å². The van der Waals surface area contributed by atoms with E-state index in [9.17, 15) is 18.4 Å². The van der Waals surface area contributed by atoms with Gasteiger partial charge in [-0.3, -0.25) is 9.59 Å². The molecule has 0 spiro atoms. The van der Waals surface area contributed by atoms with Crippen LogP contribution in [0.15, 0.2) is 60.0 Å². The summed E-state index contributed by atoms with van der Waals surface area (Å²) in [6.07, 6.45) is 1.55. The van der Waals surface area contributed by atoms with Crippen LogP contribution < -0.4 is 10.6 Å². The molecule has 0 radical (unpaired) electrons. The number of anilines is 1. The van der Waals surface area contributed by atoms with Crippen molar-refractivity contribution < 1.29 is 18.4 Å². The monoisotopic (exact) mass is 613 g/mol. The number of rotatable bonds is 7. The van der Waals surface area contributed by atoms with E-state index in [1.807, 2.05) is 0 Å². The fourth-order valence-corrected chi connectivity index (χ4v) is 5.05. The average molecular weight is 616 g/mol. The molecule has 0 aromatic heterocycles. The maximum atomic E-state index is 14.0. The first-order valence-electron chi connectivity index (χ1n) is 9.97. The Kier molecular flexibility index (Phi) is 9.30. The quantitative estimate of drug-likeness (QED) is 0.144. The van der Waals surface area contributed by atoms with Crippen LogP contribution in [0, 0.1) is 5.92 Å². The SMILES string of the molecule is C=CN=C(NC(=O)c1cc(NC(=O)[C@H]2[C@H](c3cc(Cl)c(Cl)c(Cl)c3)C2(Cl)Cl)ccc1Cl)/C(F)=C\CF. The third-order valence-electron chi connectivity index (χ3n) is 5.11. The molecular weight excluding hydrogens is 601 g/mol. The van der Waals surface area contributed by atoms with Crippen LogP contribution in [0.2, 0.25) is 20.1 Å². The van der Waals surface area contributed by atoms with E-state index in [-0.39, 0.29) is 31.3 Å². The summed E-state index contributed by atoms with van der Waals surface area (Å²) in [5.41, 5.74) is 0.581. The van der Waals surface area contributed by atoms with E-state index in [1.54, 1.807) is 0 Å². The summed E-state index contributed by atoms with van der Waals surface area (Å²) in [6.45, 7) is 2.21. The van der Waals surface area contributed by atoms with Gasteiger partial charge in [-0.15, -0.1) is 23.2 Å². The molecule has 2 aromatic rings. The van der Waals surface area contributed by atoms with Crippen molar-refractivity contribution in [2.45, 2.75) is 10.3 Å². The number of amidine groups is 1. The van der Waals surface area contributed by atoms with Crippen molar-refractivity contribution >= 4 is 92.9 Å². The third-order valence-corrected chi connectivity index (χ3v) is 7.58. The van der Waals surface area contributed by atoms with Crippen LogP contribution in [-0.2, 0) is 4.79 Å². The highest BCUT2D eigenvalue weighted by molar-refractivity contribution is 6.54. The molecule has 2 N–H and O–H groups in total. The number of nitrogens with one attached hydrogen (secondary N) is 2. The van der Waals surface area contributed by atoms with Gasteiger partial charge in [0.05, 0.1) is 31.6 Å². The fourth-order valence-electron chi connectivity index (χ4n) is 3.40. The lowest BCUT2D eigenvalue weighted by Crippen LogP contribution is -2.31. The fraction of sp³-hybridized carbons (Fsp3) is 0.174. The maximum Gasteiger partial charge on any atom is 0.258 e. The van der Waals surface area contributed by atoms with Crippen LogP contribution in [0.25, 0.3) is 0 Å². The summed E-state index contributed by atoms with van der Waals surface area (Å²) in [7, 11) is 0. The zero-order valence-corrected chi connectivity index (χ0v) is 22.4. The first-order valence-corrected chi connectivity index (χ1v) is 12.2. The Bertz CT molecular complexity index is 1280. The second kappa shape index (κ2) is 11.7. The molecule has 2 aromatic carbocycles. The number of nitrogens with zero attached hydrogens (tertiary/aromatic N) is 1. The molecule has 5 nitrogen and oxygen atoms in total. The maximum absolute atomic E-state index is 14.0. The largest absolute Gasteiger partial charge is 0.326 e. The molecule has 2 amide bonds. The second-order valence-corrected chi connectivity index (χ2v) is 10.5. The molecule has 1 aliphatic rings. The minimum absolute atomic E-state index is 0.00267. The second-order valence-electron chi connectivity index (χ2n) is 7.43. The molecule has 36 heavy (non-hydrogen) atoms. The number of carbonyl (C=O) groups excluding carboxylic acids is 2. The summed E-state index contributed by atoms with van der Waals surface area (Å²) in [5, 5.41) is 5.33. The molecule has 2 atom stereocenters. The normalized spacial score (nSPS) is 19.0. The van der Waals surface area contributed by atoms with E-state index in [0.29, 0.717) is 11.6 Å². The van der Waals surface area contributed by atoms with E-state index >= 15 is 0 Å². The average Bonchev–Trinajstić information content (AvgIpc) is 3.40. The van der Waals surface area contributed by atoms with E-state index in [1.165, 1.54) is 30.3 Å². The number of alkyl halides is 3. The number of amides is 2. The van der Waals surface area contributed by atoms with Crippen LogP contribution in [0.5, 0.6) is 0 Å². The van der Waals surface area contributed by atoms with Gasteiger partial charge in [0.25, 0.3) is 5.91 Å². The van der Waals surface area contributed by atoms with Crippen LogP contribution in [0.4, 0.5) is 14.5 Å². The number of allylic oxidation sites excluding steroid dienone is 1. The van der Waals surface area contributed by atoms with E-state index in [0.717, 1.165) is 6.20 Å². The predicted molar refractivity (Wildman–Crippen MR) is 142 cm³/mol. The van der Waals surface area contributed by atoms with Crippen molar-refractivity contribution in [2.75, 3.05) is 12.0 Å². The van der Waals surface area contributed by atoms with Crippen molar-refractivity contribution in [1.29, 1.82) is 0 Å². The van der Waals surface area contributed by atoms with Crippen molar-refractivity contribution in [3.05, 3.63) is 86.2 Å². The van der Waals surface area contributed by atoms with Crippen molar-refractivity contribution in [3.63, 3.8) is 0 Å². The van der Waals surface area contributed by atoms with E-state index in [2.05, 4.69) is 22.2 Å². The molecule has 0 heterocycles. The highest BCUT2D eigenvalue weighted by Crippen LogP contribution is 2.65. The smallest absolute Gasteiger partial charge is 0.258 e. The van der Waals surface area contributed by atoms with Crippen LogP contribution in [0.1, 0.15) is 21.8 Å². The van der Waals surface area contributed by atoms with Gasteiger partial charge in [0.2, 0.25) is 5.91 Å². The minimum Gasteiger partial charge on any atom is -0.326 e. The van der Waals surface area contributed by atoms with Crippen LogP contribution in [0.3, 0.4) is 0 Å². The van der Waals surface area contributed by atoms with Gasteiger partial charge < -0.3 is 10.6 Å². The first-order chi connectivity index (χ1) is 16.9. The van der Waals surface area contributed by atoms with Gasteiger partial charge in [-0.1, -0.05) is 53.0 Å². The Morgan fingerprint density at radius 2 is 1.72 bits per heavy atom. The van der Waals surface area contributed by atoms with Crippen molar-refractivity contribution in [3.8, 4) is 0 Å². The van der Waals surface area contributed by atoms with Gasteiger partial charge in [-0.05, 0) is 42.0 Å². The summed E-state index contributed by atoms with van der Waals surface area (Å²) < 4.78 is 25.0. The van der Waals surface area contributed by atoms with Gasteiger partial charge in [0.1, 0.15) is 11.0 Å². The molecule has 3 rings (SSSR count). The first kappa shape index (κ1) is 28.7. The van der Waals surface area contributed by atoms with Gasteiger partial charge in [-0.2, -0.15) is 0 Å². The van der Waals surface area contributed by atoms with Gasteiger partial charge in [0.15, 0.2) is 11.7 Å². The van der Waals surface area contributed by atoms with Crippen LogP contribution >= 0.6 is 69.6 Å². The minimum atomic E-state index is -1.45. The standard InChI is InChI=1S/C23H15Cl6F2N3O2/c1-2-32-20(16(31)5-6-30)34-21(35)12-9-11(3-4-13(12)24)33-22(36)18-17(23(18,28)29)10-7-14(25)19(27)15(26)8-10/h2-5,7-9,17-18H,1,6H2,(H,33,36)(H,32,34,35)/b16-5+/t17-,18+/m0/s1. The number of benzene rings is 2. The molecule has 0 unspecified atom stereocenters. The highest BCUT2D eigenvalue weighted by Gasteiger charge is 2.67. The number of hydrogen-bond donors (Lipinski definition) is 2. The lowest BCUT2D eigenvalue weighted by atomic mass is 10.1. The molecule has 0 saturated heterocycles. The van der Waals surface area contributed by atoms with Crippen molar-refractivity contribution in [1.82, 2.24) is 5.32 Å². The van der Waals surface area contributed by atoms with Gasteiger partial charge >= 0.3 is 0 Å². The molecular formula is C23H15Cl6F2N3O2. The van der Waals surface area contributed by atoms with E-state index in [4.69, 9.17) is 69.6 Å². The highest BCUT2D eigenvalue weighted by atomic mass is 35.5. The summed E-state index contributed by atoms with van der Waals surface area (Å²) in [6, 6.07) is 7.10. The summed E-state index contributed by atoms with van der Waals surface area (Å²) >= 11 is 37.0. The summed E-state index contributed by atoms with van der Waals surface area (Å²) in [4.78, 5) is 29.2. The lowest BCUT2D eigenvalue weighted by molar-refractivity contribution is -0.117. The predicted octanol–water partition coefficient (Wildman–Crippen LogP) is 7.92. The molecule has 1 saturated carbocycles. The molecule has 13 heteroatoms. The van der Waals surface area contributed by atoms with Gasteiger partial charge in [0, 0.05) is 17.8 Å². The molecule has 0 aliphatic heterocycles. The Morgan fingerprint density at radius 3 is 2.31 bits per heavy atom. The number of halogens is 8. The molecule has 1 fully saturated rings. The zero-order chi connectivity index (χ0) is 26.8. The van der Waals surface area contributed by atoms with E-state index < -0.39 is 46.3 Å². The zero-order valence-electron chi connectivity index (χ0n) is 17.9. The number of carbonyl (C=O) groups is 2. The topological polar surface area (TPSA) is 70.6 Å². The number of hydrogen-bond acceptors (Lipinski definition) is 3. The third kappa shape index (κ3) is 6.15.